The lowest BCUT2D eigenvalue weighted by molar-refractivity contribution is -0.275. The second-order valence-corrected chi connectivity index (χ2v) is 27.9. The number of nitrogens with two attached hydrogens (primary N) is 3. The molecule has 12 rings (SSSR count). The van der Waals surface area contributed by atoms with Crippen LogP contribution in [-0.4, -0.2) is 86.8 Å². The molecule has 3 fully saturated rings. The topological polar surface area (TPSA) is 255 Å². The third kappa shape index (κ3) is 28.3. The van der Waals surface area contributed by atoms with E-state index in [9.17, 15) is 52.7 Å². The van der Waals surface area contributed by atoms with Gasteiger partial charge in [-0.15, -0.1) is 39.5 Å². The maximum absolute atomic E-state index is 13.4. The largest absolute Gasteiger partial charge is 0.573 e. The molecule has 0 amide bonds. The first-order valence-corrected chi connectivity index (χ1v) is 37.2. The number of nitrogens with one attached hydrogen (secondary N) is 6. The Balaban J connectivity index is 0.000000181. The van der Waals surface area contributed by atoms with E-state index < -0.39 is 30.8 Å². The molecule has 0 bridgehead atoms. The summed E-state index contributed by atoms with van der Waals surface area (Å²) in [5.41, 5.74) is 23.5. The lowest BCUT2D eigenvalue weighted by Gasteiger charge is -2.26. The molecule has 3 aliphatic carbocycles. The Morgan fingerprint density at radius 2 is 0.684 bits per heavy atom. The van der Waals surface area contributed by atoms with Gasteiger partial charge in [-0.1, -0.05) is 132 Å². The van der Waals surface area contributed by atoms with Crippen LogP contribution in [0.2, 0.25) is 0 Å². The van der Waals surface area contributed by atoms with E-state index in [2.05, 4.69) is 112 Å². The fraction of sp³-hybridized carbons (Fsp3) is 0.357. The number of benzene rings is 6. The second-order valence-electron chi connectivity index (χ2n) is 27.9. The van der Waals surface area contributed by atoms with Crippen molar-refractivity contribution in [1.82, 2.24) is 29.9 Å². The van der Waals surface area contributed by atoms with Gasteiger partial charge in [0.2, 0.25) is 17.8 Å². The Morgan fingerprint density at radius 3 is 1.04 bits per heavy atom. The Morgan fingerprint density at radius 1 is 0.351 bits per heavy atom. The van der Waals surface area contributed by atoms with Gasteiger partial charge in [0.25, 0.3) is 0 Å². The summed E-state index contributed by atoms with van der Waals surface area (Å²) in [4.78, 5) is 26.5. The zero-order chi connectivity index (χ0) is 81.3. The number of alkyl halides is 12. The van der Waals surface area contributed by atoms with E-state index in [1.165, 1.54) is 66.9 Å². The molecule has 6 aromatic carbocycles. The molecule has 114 heavy (non-hydrogen) atoms. The van der Waals surface area contributed by atoms with E-state index in [0.717, 1.165) is 118 Å². The quantitative estimate of drug-likeness (QED) is 0.0239. The predicted octanol–water partition coefficient (Wildman–Crippen LogP) is 17.6. The van der Waals surface area contributed by atoms with E-state index in [0.29, 0.717) is 64.0 Å². The number of anilines is 6. The van der Waals surface area contributed by atoms with Gasteiger partial charge in [0.15, 0.2) is 0 Å². The van der Waals surface area contributed by atoms with Crippen molar-refractivity contribution in [3.63, 3.8) is 0 Å². The first kappa shape index (κ1) is 84.9. The van der Waals surface area contributed by atoms with Crippen LogP contribution >= 0.6 is 0 Å². The summed E-state index contributed by atoms with van der Waals surface area (Å²) in [7, 11) is 0. The van der Waals surface area contributed by atoms with Crippen LogP contribution in [0.3, 0.4) is 0 Å². The van der Waals surface area contributed by atoms with Crippen molar-refractivity contribution in [2.75, 3.05) is 51.5 Å². The van der Waals surface area contributed by atoms with Crippen molar-refractivity contribution in [3.05, 3.63) is 231 Å². The molecule has 0 unspecified atom stereocenters. The molecule has 600 valence electrons. The Bertz CT molecular complexity index is 4810. The molecular weight excluding hydrogens is 1500 g/mol. The van der Waals surface area contributed by atoms with Crippen molar-refractivity contribution >= 4 is 35.3 Å². The molecular formula is C84H87F12N15O3. The summed E-state index contributed by atoms with van der Waals surface area (Å²) in [6.45, 7) is 6.06. The minimum Gasteiger partial charge on any atom is -0.405 e. The molecule has 9 aromatic rings. The number of hydrogen-bond donors (Lipinski definition) is 9. The van der Waals surface area contributed by atoms with Crippen molar-refractivity contribution in [2.24, 2.45) is 35.0 Å². The third-order valence-corrected chi connectivity index (χ3v) is 18.9. The molecule has 3 aromatic heterocycles. The maximum Gasteiger partial charge on any atom is 0.573 e. The number of halogens is 12. The number of para-hydroxylation sites is 3. The van der Waals surface area contributed by atoms with Crippen molar-refractivity contribution in [1.29, 1.82) is 0 Å². The predicted molar refractivity (Wildman–Crippen MR) is 414 cm³/mol. The molecule has 18 nitrogen and oxygen atoms in total. The summed E-state index contributed by atoms with van der Waals surface area (Å²) in [5, 5.41) is 19.0. The number of aryl methyl sites for hydroxylation is 2. The summed E-state index contributed by atoms with van der Waals surface area (Å²) >= 11 is 0. The highest BCUT2D eigenvalue weighted by Gasteiger charge is 2.35. The molecule has 0 saturated heterocycles. The smallest absolute Gasteiger partial charge is 0.405 e. The van der Waals surface area contributed by atoms with Crippen LogP contribution in [0.4, 0.5) is 88.0 Å². The third-order valence-electron chi connectivity index (χ3n) is 18.9. The first-order chi connectivity index (χ1) is 54.5. The fourth-order valence-electron chi connectivity index (χ4n) is 12.7. The van der Waals surface area contributed by atoms with Crippen molar-refractivity contribution in [2.45, 2.75) is 154 Å². The average molecular weight is 1580 g/mol. The Labute approximate surface area is 653 Å². The van der Waals surface area contributed by atoms with E-state index in [1.54, 1.807) is 42.7 Å². The van der Waals surface area contributed by atoms with E-state index >= 15 is 0 Å². The van der Waals surface area contributed by atoms with Crippen LogP contribution < -0.4 is 63.3 Å². The normalized spacial score (nSPS) is 17.4. The molecule has 12 N–H and O–H groups in total. The van der Waals surface area contributed by atoms with Gasteiger partial charge < -0.3 is 63.3 Å². The number of aromatic nitrogens is 6. The number of rotatable bonds is 21. The van der Waals surface area contributed by atoms with Gasteiger partial charge in [0, 0.05) is 90.8 Å². The first-order valence-electron chi connectivity index (χ1n) is 37.2. The zero-order valence-corrected chi connectivity index (χ0v) is 62.5. The zero-order valence-electron chi connectivity index (χ0n) is 62.5. The van der Waals surface area contributed by atoms with Gasteiger partial charge in [0.1, 0.15) is 34.7 Å². The van der Waals surface area contributed by atoms with Gasteiger partial charge in [-0.05, 0) is 169 Å². The minimum absolute atomic E-state index is 0.0561. The number of nitrogens with zero attached hydrogens (tertiary/aromatic N) is 6. The van der Waals surface area contributed by atoms with Crippen LogP contribution in [0.5, 0.6) is 17.2 Å². The SMILES string of the molecule is Cc1ccc(C#Cc2cnc(NCc3ccccc3OC(F)(F)F)nc2NCC2CCC(N)CC2)cc1.Cc1cccc(C#Cc2cnc(NCc3ccccc3OC(F)(F)F)nc2NCC2CCC(N)CC2)c1.NC1CCC(CNc2nc(NCc3ccccc3OC(F)(F)F)ncc2C#Cc2ccccc2C(F)(F)F)CC1. The average Bonchev–Trinajstić information content (AvgIpc) is 0.816. The maximum atomic E-state index is 13.4. The highest BCUT2D eigenvalue weighted by Crippen LogP contribution is 2.35. The summed E-state index contributed by atoms with van der Waals surface area (Å²) in [6.07, 6.45) is -2.55. The Hall–Kier alpha value is -11.5. The van der Waals surface area contributed by atoms with Gasteiger partial charge in [-0.25, -0.2) is 15.0 Å². The van der Waals surface area contributed by atoms with Crippen molar-refractivity contribution < 1.29 is 66.9 Å². The minimum atomic E-state index is -4.85. The van der Waals surface area contributed by atoms with Crippen molar-refractivity contribution in [3.8, 4) is 52.8 Å². The number of hydrogen-bond acceptors (Lipinski definition) is 18. The number of ether oxygens (including phenoxy) is 3. The van der Waals surface area contributed by atoms with E-state index in [1.807, 2.05) is 62.4 Å². The summed E-state index contributed by atoms with van der Waals surface area (Å²) < 4.78 is 167. The standard InChI is InChI=1S/C28H27F6N5O.2C28H30F3N5O/c29-27(30,31)23-7-3-1-5-19(23)11-12-21-17-38-26(39-25(21)36-15-18-9-13-22(35)14-10-18)37-16-20-6-2-4-8-24(20)40-28(32,33)34;1-19-5-4-6-20(15-19)9-12-23-18-35-27(36-26(23)33-16-21-10-13-24(32)14-11-21)34-17-22-7-2-3-8-25(22)37-28(29,30)31;1-19-6-8-20(9-7-19)10-13-23-18-35-27(36-26(23)33-16-21-11-14-24(32)15-12-21)34-17-22-4-2-3-5-25(22)37-28(29,30)31/h1-8,17-18,22H,9-10,13-16,35H2,(H2,36,37,38,39);2-8,15,18,21,24H,10-11,13-14,16-17,32H2,1H3,(H2,33,34,35,36);2-9,18,21,24H,11-12,14-17,32H2,1H3,(H2,33,34,35,36). The van der Waals surface area contributed by atoms with Crippen LogP contribution in [0, 0.1) is 67.1 Å². The molecule has 3 heterocycles. The highest BCUT2D eigenvalue weighted by atomic mass is 19.4. The van der Waals surface area contributed by atoms with Crippen LogP contribution in [-0.2, 0) is 25.8 Å². The van der Waals surface area contributed by atoms with Crippen LogP contribution in [0.25, 0.3) is 0 Å². The molecule has 0 radical (unpaired) electrons. The highest BCUT2D eigenvalue weighted by molar-refractivity contribution is 5.61. The lowest BCUT2D eigenvalue weighted by atomic mass is 9.86. The molecule has 0 spiro atoms. The molecule has 30 heteroatoms. The second kappa shape index (κ2) is 40.3. The fourth-order valence-corrected chi connectivity index (χ4v) is 12.7. The van der Waals surface area contributed by atoms with Crippen LogP contribution in [0.1, 0.15) is 144 Å². The van der Waals surface area contributed by atoms with Gasteiger partial charge in [-0.3, -0.25) is 0 Å². The summed E-state index contributed by atoms with van der Waals surface area (Å²) in [6, 6.07) is 39.1. The van der Waals surface area contributed by atoms with Gasteiger partial charge in [-0.2, -0.15) is 28.1 Å². The molecule has 0 atom stereocenters. The molecule has 0 aliphatic heterocycles. The lowest BCUT2D eigenvalue weighted by Crippen LogP contribution is -2.29. The summed E-state index contributed by atoms with van der Waals surface area (Å²) in [5.74, 6) is 20.4. The molecule has 3 aliphatic rings. The van der Waals surface area contributed by atoms with Crippen LogP contribution in [0.15, 0.2) is 164 Å². The van der Waals surface area contributed by atoms with E-state index in [-0.39, 0.29) is 89.5 Å². The van der Waals surface area contributed by atoms with E-state index in [4.69, 9.17) is 17.2 Å². The molecule has 3 saturated carbocycles. The Kier molecular flexibility index (Phi) is 30.0. The monoisotopic (exact) mass is 1580 g/mol. The van der Waals surface area contributed by atoms with Gasteiger partial charge in [0.05, 0.1) is 40.8 Å². The van der Waals surface area contributed by atoms with Gasteiger partial charge >= 0.3 is 25.3 Å².